The van der Waals surface area contributed by atoms with Gasteiger partial charge in [0.25, 0.3) is 0 Å². The first-order valence-corrected chi connectivity index (χ1v) is 11.2. The number of alkyl halides is 3. The lowest BCUT2D eigenvalue weighted by atomic mass is 10.3. The zero-order chi connectivity index (χ0) is 23.8. The molecule has 3 rings (SSSR count). The molecule has 1 aromatic heterocycles. The van der Waals surface area contributed by atoms with E-state index in [0.717, 1.165) is 16.3 Å². The highest BCUT2D eigenvalue weighted by Gasteiger charge is 2.33. The molecule has 9 nitrogen and oxygen atoms in total. The van der Waals surface area contributed by atoms with Crippen LogP contribution in [0, 0.1) is 0 Å². The third-order valence-electron chi connectivity index (χ3n) is 4.61. The first kappa shape index (κ1) is 24.8. The van der Waals surface area contributed by atoms with Crippen LogP contribution < -0.4 is 9.80 Å². The first-order chi connectivity index (χ1) is 15.8. The molecule has 13 heteroatoms. The molecule has 1 aliphatic rings. The number of aromatic nitrogens is 3. The van der Waals surface area contributed by atoms with Gasteiger partial charge in [-0.3, -0.25) is 14.2 Å². The fourth-order valence-corrected chi connectivity index (χ4v) is 3.98. The number of anilines is 2. The Morgan fingerprint density at radius 2 is 1.88 bits per heavy atom. The first-order valence-electron chi connectivity index (χ1n) is 10.2. The van der Waals surface area contributed by atoms with Gasteiger partial charge >= 0.3 is 12.1 Å². The third kappa shape index (κ3) is 7.09. The van der Waals surface area contributed by atoms with Gasteiger partial charge in [-0.15, -0.1) is 10.2 Å². The highest BCUT2D eigenvalue weighted by atomic mass is 32.2. The van der Waals surface area contributed by atoms with E-state index in [1.54, 1.807) is 42.2 Å². The number of carbonyl (C=O) groups excluding carboxylic acids is 2. The van der Waals surface area contributed by atoms with Crippen molar-refractivity contribution < 1.29 is 32.2 Å². The summed E-state index contributed by atoms with van der Waals surface area (Å²) in [5.41, 5.74) is 0.474. The van der Waals surface area contributed by atoms with E-state index in [1.807, 2.05) is 0 Å². The lowest BCUT2D eigenvalue weighted by molar-refractivity contribution is -0.142. The van der Waals surface area contributed by atoms with E-state index in [0.29, 0.717) is 32.0 Å². The molecule has 0 aliphatic carbocycles. The molecule has 1 amide bonds. The number of hydrogen-bond acceptors (Lipinski definition) is 8. The maximum atomic E-state index is 13.3. The van der Waals surface area contributed by atoms with E-state index in [4.69, 9.17) is 9.47 Å². The zero-order valence-corrected chi connectivity index (χ0v) is 18.8. The molecule has 180 valence electrons. The van der Waals surface area contributed by atoms with Crippen molar-refractivity contribution in [3.05, 3.63) is 30.3 Å². The average Bonchev–Trinajstić information content (AvgIpc) is 3.18. The van der Waals surface area contributed by atoms with Gasteiger partial charge in [-0.05, 0) is 19.1 Å². The van der Waals surface area contributed by atoms with Gasteiger partial charge in [0.05, 0.1) is 25.6 Å². The lowest BCUT2D eigenvalue weighted by Gasteiger charge is -2.28. The second-order valence-corrected chi connectivity index (χ2v) is 7.93. The van der Waals surface area contributed by atoms with Crippen LogP contribution in [0.15, 0.2) is 35.5 Å². The molecular weight excluding hydrogens is 463 g/mol. The fourth-order valence-electron chi connectivity index (χ4n) is 3.17. The second-order valence-electron chi connectivity index (χ2n) is 6.99. The Bertz CT molecular complexity index is 936. The maximum absolute atomic E-state index is 13.3. The number of esters is 1. The highest BCUT2D eigenvalue weighted by Crippen LogP contribution is 2.28. The van der Waals surface area contributed by atoms with E-state index >= 15 is 0 Å². The van der Waals surface area contributed by atoms with Crippen LogP contribution in [0.3, 0.4) is 0 Å². The Kier molecular flexibility index (Phi) is 8.55. The monoisotopic (exact) mass is 487 g/mol. The van der Waals surface area contributed by atoms with Gasteiger partial charge in [-0.25, -0.2) is 0 Å². The molecular formula is C20H24F3N5O4S. The Morgan fingerprint density at radius 1 is 1.18 bits per heavy atom. The van der Waals surface area contributed by atoms with Gasteiger partial charge in [-0.2, -0.15) is 13.2 Å². The number of morpholine rings is 1. The zero-order valence-electron chi connectivity index (χ0n) is 18.0. The quantitative estimate of drug-likeness (QED) is 0.394. The summed E-state index contributed by atoms with van der Waals surface area (Å²) in [5.74, 6) is -1.23. The molecule has 0 atom stereocenters. The number of hydrogen-bond donors (Lipinski definition) is 0. The molecule has 2 aromatic rings. The van der Waals surface area contributed by atoms with E-state index < -0.39 is 24.6 Å². The summed E-state index contributed by atoms with van der Waals surface area (Å²) in [7, 11) is 0. The van der Waals surface area contributed by atoms with Gasteiger partial charge in [0.2, 0.25) is 11.9 Å². The number of halogens is 3. The van der Waals surface area contributed by atoms with E-state index in [-0.39, 0.29) is 30.0 Å². The summed E-state index contributed by atoms with van der Waals surface area (Å²) in [6.45, 7) is 1.75. The number of ether oxygens (including phenoxy) is 2. The molecule has 1 aromatic carbocycles. The van der Waals surface area contributed by atoms with Crippen LogP contribution in [-0.2, 0) is 25.6 Å². The minimum Gasteiger partial charge on any atom is -0.465 e. The van der Waals surface area contributed by atoms with E-state index in [1.165, 1.54) is 4.90 Å². The van der Waals surface area contributed by atoms with Gasteiger partial charge in [-0.1, -0.05) is 30.0 Å². The fraction of sp³-hybridized carbons (Fsp3) is 0.500. The van der Waals surface area contributed by atoms with Crippen LogP contribution >= 0.6 is 11.8 Å². The largest absolute Gasteiger partial charge is 0.465 e. The molecule has 0 N–H and O–H groups in total. The lowest BCUT2D eigenvalue weighted by Crippen LogP contribution is -2.39. The van der Waals surface area contributed by atoms with Crippen LogP contribution in [0.25, 0.3) is 0 Å². The van der Waals surface area contributed by atoms with E-state index in [2.05, 4.69) is 10.2 Å². The van der Waals surface area contributed by atoms with Crippen molar-refractivity contribution in [2.75, 3.05) is 55.0 Å². The van der Waals surface area contributed by atoms with Gasteiger partial charge in [0, 0.05) is 18.8 Å². The van der Waals surface area contributed by atoms with Crippen molar-refractivity contribution in [3.63, 3.8) is 0 Å². The van der Waals surface area contributed by atoms with Gasteiger partial charge in [0.15, 0.2) is 5.16 Å². The molecule has 0 saturated carbocycles. The van der Waals surface area contributed by atoms with Crippen LogP contribution in [0.2, 0.25) is 0 Å². The molecule has 33 heavy (non-hydrogen) atoms. The smallest absolute Gasteiger partial charge is 0.406 e. The Hall–Kier alpha value is -2.80. The summed E-state index contributed by atoms with van der Waals surface area (Å²) < 4.78 is 50.9. The Morgan fingerprint density at radius 3 is 2.52 bits per heavy atom. The number of thioether (sulfide) groups is 1. The summed E-state index contributed by atoms with van der Waals surface area (Å²) >= 11 is 0.832. The van der Waals surface area contributed by atoms with Crippen LogP contribution in [0.1, 0.15) is 6.92 Å². The Balaban J connectivity index is 1.77. The summed E-state index contributed by atoms with van der Waals surface area (Å²) in [5, 5.41) is 7.81. The standard InChI is InChI=1S/C20H24F3N5O4S/c1-2-32-17(30)12-27(15-6-4-3-5-7-15)16(29)13-33-19-25-24-18(26-8-10-31-11-9-26)28(19)14-20(21,22)23/h3-7H,2,8-14H2,1H3. The minimum absolute atomic E-state index is 0.0358. The number of carbonyl (C=O) groups is 2. The highest BCUT2D eigenvalue weighted by molar-refractivity contribution is 7.99. The van der Waals surface area contributed by atoms with Crippen molar-refractivity contribution in [2.45, 2.75) is 24.8 Å². The molecule has 0 radical (unpaired) electrons. The number of amides is 1. The Labute approximate surface area is 192 Å². The molecule has 2 heterocycles. The molecule has 1 fully saturated rings. The molecule has 1 aliphatic heterocycles. The SMILES string of the molecule is CCOC(=O)CN(C(=O)CSc1nnc(N2CCOCC2)n1CC(F)(F)F)c1ccccc1. The van der Waals surface area contributed by atoms with Gasteiger partial charge in [0.1, 0.15) is 13.1 Å². The number of benzene rings is 1. The normalized spacial score (nSPS) is 14.2. The van der Waals surface area contributed by atoms with Crippen LogP contribution in [0.4, 0.5) is 24.8 Å². The molecule has 0 spiro atoms. The topological polar surface area (TPSA) is 89.8 Å². The predicted molar refractivity (Wildman–Crippen MR) is 115 cm³/mol. The van der Waals surface area contributed by atoms with Gasteiger partial charge < -0.3 is 19.3 Å². The summed E-state index contributed by atoms with van der Waals surface area (Å²) in [6.07, 6.45) is -4.50. The minimum atomic E-state index is -4.50. The third-order valence-corrected chi connectivity index (χ3v) is 5.57. The van der Waals surface area contributed by atoms with E-state index in [9.17, 15) is 22.8 Å². The van der Waals surface area contributed by atoms with Crippen molar-refractivity contribution in [3.8, 4) is 0 Å². The second kappa shape index (κ2) is 11.4. The summed E-state index contributed by atoms with van der Waals surface area (Å²) in [4.78, 5) is 27.9. The summed E-state index contributed by atoms with van der Waals surface area (Å²) in [6, 6.07) is 8.50. The number of para-hydroxylation sites is 1. The number of rotatable bonds is 9. The van der Waals surface area contributed by atoms with Crippen molar-refractivity contribution in [1.29, 1.82) is 0 Å². The van der Waals surface area contributed by atoms with Crippen LogP contribution in [-0.4, -0.2) is 78.0 Å². The maximum Gasteiger partial charge on any atom is 0.406 e. The molecule has 1 saturated heterocycles. The van der Waals surface area contributed by atoms with Crippen molar-refractivity contribution in [1.82, 2.24) is 14.8 Å². The van der Waals surface area contributed by atoms with Crippen molar-refractivity contribution >= 4 is 35.3 Å². The molecule has 0 unspecified atom stereocenters. The van der Waals surface area contributed by atoms with Crippen molar-refractivity contribution in [2.24, 2.45) is 0 Å². The predicted octanol–water partition coefficient (Wildman–Crippen LogP) is 2.37. The average molecular weight is 488 g/mol. The van der Waals surface area contributed by atoms with Crippen LogP contribution in [0.5, 0.6) is 0 Å². The molecule has 0 bridgehead atoms. The number of nitrogens with zero attached hydrogens (tertiary/aromatic N) is 5.